The average Bonchev–Trinajstić information content (AvgIpc) is 2.28. The molecule has 1 aromatic rings. The Labute approximate surface area is 106 Å². The summed E-state index contributed by atoms with van der Waals surface area (Å²) in [6.45, 7) is 6.59. The lowest BCUT2D eigenvalue weighted by Gasteiger charge is -2.32. The number of pyridine rings is 1. The third-order valence-corrected chi connectivity index (χ3v) is 4.25. The fraction of sp³-hybridized carbons (Fsp3) is 0.583. The highest BCUT2D eigenvalue weighted by molar-refractivity contribution is 8.00. The monoisotopic (exact) mass is 256 g/mol. The van der Waals surface area contributed by atoms with Crippen LogP contribution >= 0.6 is 23.4 Å². The van der Waals surface area contributed by atoms with E-state index < -0.39 is 0 Å². The first kappa shape index (κ1) is 12.1. The van der Waals surface area contributed by atoms with Gasteiger partial charge in [-0.25, -0.2) is 4.98 Å². The maximum absolute atomic E-state index is 5.80. The Kier molecular flexibility index (Phi) is 3.98. The van der Waals surface area contributed by atoms with Gasteiger partial charge in [0.05, 0.1) is 0 Å². The van der Waals surface area contributed by atoms with E-state index in [1.807, 2.05) is 18.0 Å². The summed E-state index contributed by atoms with van der Waals surface area (Å²) in [5.74, 6) is 2.86. The second kappa shape index (κ2) is 5.28. The van der Waals surface area contributed by atoms with Crippen molar-refractivity contribution in [3.63, 3.8) is 0 Å². The first-order valence-corrected chi connectivity index (χ1v) is 7.17. The number of hydrogen-bond donors (Lipinski definition) is 0. The van der Waals surface area contributed by atoms with Gasteiger partial charge < -0.3 is 4.90 Å². The number of aromatic nitrogens is 1. The van der Waals surface area contributed by atoms with Crippen LogP contribution in [0.2, 0.25) is 0 Å². The van der Waals surface area contributed by atoms with Gasteiger partial charge in [-0.15, -0.1) is 11.6 Å². The highest BCUT2D eigenvalue weighted by atomic mass is 35.5. The summed E-state index contributed by atoms with van der Waals surface area (Å²) in [6, 6.07) is 2.14. The van der Waals surface area contributed by atoms with Crippen LogP contribution in [0.4, 0.5) is 5.82 Å². The van der Waals surface area contributed by atoms with Crippen molar-refractivity contribution in [2.24, 2.45) is 0 Å². The van der Waals surface area contributed by atoms with Crippen molar-refractivity contribution in [3.05, 3.63) is 23.4 Å². The summed E-state index contributed by atoms with van der Waals surface area (Å²) >= 11 is 7.84. The van der Waals surface area contributed by atoms with Gasteiger partial charge in [-0.3, -0.25) is 0 Å². The molecule has 0 spiro atoms. The molecule has 1 atom stereocenters. The minimum atomic E-state index is 0.542. The maximum Gasteiger partial charge on any atom is 0.131 e. The van der Waals surface area contributed by atoms with Gasteiger partial charge in [0.1, 0.15) is 5.82 Å². The molecule has 0 N–H and O–H groups in total. The molecule has 2 heterocycles. The van der Waals surface area contributed by atoms with E-state index in [-0.39, 0.29) is 0 Å². The molecule has 2 rings (SSSR count). The highest BCUT2D eigenvalue weighted by Crippen LogP contribution is 2.25. The van der Waals surface area contributed by atoms with Crippen LogP contribution in [0.1, 0.15) is 18.1 Å². The predicted octanol–water partition coefficient (Wildman–Crippen LogP) is 3.07. The summed E-state index contributed by atoms with van der Waals surface area (Å²) in [5, 5.41) is 0.697. The van der Waals surface area contributed by atoms with Crippen LogP contribution in [0.5, 0.6) is 0 Å². The zero-order chi connectivity index (χ0) is 11.5. The number of thioether (sulfide) groups is 1. The SMILES string of the molecule is Cc1cc(CCl)cnc1N1CCSC(C)C1. The first-order valence-electron chi connectivity index (χ1n) is 5.58. The van der Waals surface area contributed by atoms with Crippen LogP contribution in [0.15, 0.2) is 12.3 Å². The fourth-order valence-electron chi connectivity index (χ4n) is 2.04. The molecule has 1 saturated heterocycles. The number of hydrogen-bond acceptors (Lipinski definition) is 3. The van der Waals surface area contributed by atoms with Crippen molar-refractivity contribution in [2.45, 2.75) is 25.0 Å². The van der Waals surface area contributed by atoms with E-state index in [0.29, 0.717) is 11.1 Å². The minimum absolute atomic E-state index is 0.542. The van der Waals surface area contributed by atoms with Gasteiger partial charge in [0.2, 0.25) is 0 Å². The van der Waals surface area contributed by atoms with Gasteiger partial charge in [0, 0.05) is 36.2 Å². The van der Waals surface area contributed by atoms with Crippen molar-refractivity contribution < 1.29 is 0 Å². The van der Waals surface area contributed by atoms with E-state index in [1.54, 1.807) is 0 Å². The van der Waals surface area contributed by atoms with E-state index >= 15 is 0 Å². The van der Waals surface area contributed by atoms with Gasteiger partial charge in [-0.2, -0.15) is 11.8 Å². The quantitative estimate of drug-likeness (QED) is 0.757. The van der Waals surface area contributed by atoms with Crippen LogP contribution in [0.25, 0.3) is 0 Å². The van der Waals surface area contributed by atoms with Crippen molar-refractivity contribution in [1.82, 2.24) is 4.98 Å². The highest BCUT2D eigenvalue weighted by Gasteiger charge is 2.19. The summed E-state index contributed by atoms with van der Waals surface area (Å²) in [6.07, 6.45) is 1.89. The molecule has 0 aromatic carbocycles. The number of aryl methyl sites for hydroxylation is 1. The summed E-state index contributed by atoms with van der Waals surface area (Å²) in [4.78, 5) is 6.92. The molecule has 2 nitrogen and oxygen atoms in total. The summed E-state index contributed by atoms with van der Waals surface area (Å²) < 4.78 is 0. The van der Waals surface area contributed by atoms with Crippen molar-refractivity contribution in [3.8, 4) is 0 Å². The molecule has 0 bridgehead atoms. The molecule has 1 unspecified atom stereocenters. The van der Waals surface area contributed by atoms with E-state index in [1.165, 1.54) is 11.3 Å². The Hall–Kier alpha value is -0.410. The van der Waals surface area contributed by atoms with Crippen LogP contribution in [-0.2, 0) is 5.88 Å². The molecule has 1 fully saturated rings. The lowest BCUT2D eigenvalue weighted by molar-refractivity contribution is 0.766. The van der Waals surface area contributed by atoms with Crippen LogP contribution in [0.3, 0.4) is 0 Å². The molecular formula is C12H17ClN2S. The van der Waals surface area contributed by atoms with Crippen LogP contribution in [0, 0.1) is 6.92 Å². The zero-order valence-electron chi connectivity index (χ0n) is 9.74. The largest absolute Gasteiger partial charge is 0.354 e. The van der Waals surface area contributed by atoms with E-state index in [2.05, 4.69) is 29.8 Å². The van der Waals surface area contributed by atoms with Gasteiger partial charge in [-0.1, -0.05) is 6.92 Å². The molecule has 0 amide bonds. The Morgan fingerprint density at radius 3 is 3.06 bits per heavy atom. The molecule has 4 heteroatoms. The third-order valence-electron chi connectivity index (χ3n) is 2.80. The Morgan fingerprint density at radius 1 is 1.62 bits per heavy atom. The summed E-state index contributed by atoms with van der Waals surface area (Å²) in [7, 11) is 0. The molecule has 88 valence electrons. The lowest BCUT2D eigenvalue weighted by atomic mass is 10.2. The summed E-state index contributed by atoms with van der Waals surface area (Å²) in [5.41, 5.74) is 2.33. The van der Waals surface area contributed by atoms with Gasteiger partial charge in [-0.05, 0) is 24.1 Å². The van der Waals surface area contributed by atoms with Gasteiger partial charge in [0.15, 0.2) is 0 Å². The van der Waals surface area contributed by atoms with Crippen molar-refractivity contribution in [1.29, 1.82) is 0 Å². The number of anilines is 1. The van der Waals surface area contributed by atoms with Crippen LogP contribution in [-0.4, -0.2) is 29.1 Å². The number of rotatable bonds is 2. The zero-order valence-corrected chi connectivity index (χ0v) is 11.3. The normalized spacial score (nSPS) is 21.2. The number of halogens is 1. The van der Waals surface area contributed by atoms with Crippen molar-refractivity contribution in [2.75, 3.05) is 23.7 Å². The number of nitrogens with zero attached hydrogens (tertiary/aromatic N) is 2. The predicted molar refractivity (Wildman–Crippen MR) is 72.7 cm³/mol. The van der Waals surface area contributed by atoms with Gasteiger partial charge >= 0.3 is 0 Å². The average molecular weight is 257 g/mol. The maximum atomic E-state index is 5.80. The van der Waals surface area contributed by atoms with E-state index in [4.69, 9.17) is 11.6 Å². The molecule has 1 aliphatic rings. The van der Waals surface area contributed by atoms with Crippen LogP contribution < -0.4 is 4.90 Å². The molecule has 0 radical (unpaired) electrons. The van der Waals surface area contributed by atoms with E-state index in [9.17, 15) is 0 Å². The molecule has 0 saturated carbocycles. The molecule has 16 heavy (non-hydrogen) atoms. The molecular weight excluding hydrogens is 240 g/mol. The second-order valence-electron chi connectivity index (χ2n) is 4.25. The van der Waals surface area contributed by atoms with Crippen molar-refractivity contribution >= 4 is 29.2 Å². The minimum Gasteiger partial charge on any atom is -0.354 e. The van der Waals surface area contributed by atoms with Gasteiger partial charge in [0.25, 0.3) is 0 Å². The van der Waals surface area contributed by atoms with E-state index in [0.717, 1.165) is 24.5 Å². The second-order valence-corrected chi connectivity index (χ2v) is 6.06. The smallest absolute Gasteiger partial charge is 0.131 e. The fourth-order valence-corrected chi connectivity index (χ4v) is 3.20. The third kappa shape index (κ3) is 2.64. The first-order chi connectivity index (χ1) is 7.70. The Balaban J connectivity index is 2.19. The Bertz CT molecular complexity index is 370. The lowest BCUT2D eigenvalue weighted by Crippen LogP contribution is -2.37. The molecule has 1 aliphatic heterocycles. The topological polar surface area (TPSA) is 16.1 Å². The Morgan fingerprint density at radius 2 is 2.44 bits per heavy atom. The standard InChI is InChI=1S/C12H17ClN2S/c1-9-5-11(6-13)7-14-12(9)15-3-4-16-10(2)8-15/h5,7,10H,3-4,6,8H2,1-2H3. The molecule has 0 aliphatic carbocycles. The number of alkyl halides is 1. The molecule has 1 aromatic heterocycles.